The Labute approximate surface area is 155 Å². The summed E-state index contributed by atoms with van der Waals surface area (Å²) in [6, 6.07) is 10.2. The maximum Gasteiger partial charge on any atom is 0.187 e. The zero-order chi connectivity index (χ0) is 17.8. The molecule has 0 amide bonds. The van der Waals surface area contributed by atoms with E-state index in [1.54, 1.807) is 18.0 Å². The highest BCUT2D eigenvalue weighted by molar-refractivity contribution is 7.99. The molecule has 7 heteroatoms. The highest BCUT2D eigenvalue weighted by Gasteiger charge is 2.16. The monoisotopic (exact) mass is 362 g/mol. The first-order chi connectivity index (χ1) is 12.8. The van der Waals surface area contributed by atoms with Crippen molar-refractivity contribution < 1.29 is 0 Å². The Balaban J connectivity index is 1.79. The van der Waals surface area contributed by atoms with Crippen molar-refractivity contribution in [1.29, 1.82) is 0 Å². The molecule has 0 bridgehead atoms. The minimum absolute atomic E-state index is 0.605. The van der Waals surface area contributed by atoms with Crippen LogP contribution in [-0.4, -0.2) is 35.2 Å². The van der Waals surface area contributed by atoms with Crippen LogP contribution < -0.4 is 0 Å². The molecule has 4 aromatic rings. The predicted molar refractivity (Wildman–Crippen MR) is 103 cm³/mol. The summed E-state index contributed by atoms with van der Waals surface area (Å²) < 4.78 is 2.08. The van der Waals surface area contributed by atoms with Crippen molar-refractivity contribution in [3.8, 4) is 22.5 Å². The number of hydrogen-bond acceptors (Lipinski definition) is 5. The van der Waals surface area contributed by atoms with Crippen molar-refractivity contribution in [2.75, 3.05) is 5.75 Å². The molecule has 0 aliphatic heterocycles. The average molecular weight is 362 g/mol. The minimum Gasteiger partial charge on any atom is -0.347 e. The smallest absolute Gasteiger partial charge is 0.187 e. The second kappa shape index (κ2) is 7.53. The number of aromatic nitrogens is 6. The highest BCUT2D eigenvalue weighted by atomic mass is 32.2. The fourth-order valence-corrected chi connectivity index (χ4v) is 3.31. The number of aromatic amines is 1. The molecule has 4 rings (SSSR count). The fourth-order valence-electron chi connectivity index (χ4n) is 2.80. The number of hydrogen-bond donors (Lipinski definition) is 1. The van der Waals surface area contributed by atoms with E-state index >= 15 is 0 Å². The quantitative estimate of drug-likeness (QED) is 0.416. The van der Waals surface area contributed by atoms with Gasteiger partial charge in [0.2, 0.25) is 0 Å². The number of H-pyrrole nitrogens is 1. The largest absolute Gasteiger partial charge is 0.347 e. The van der Waals surface area contributed by atoms with Crippen molar-refractivity contribution in [1.82, 2.24) is 29.5 Å². The van der Waals surface area contributed by atoms with E-state index in [0.717, 1.165) is 39.2 Å². The van der Waals surface area contributed by atoms with Gasteiger partial charge >= 0.3 is 0 Å². The number of nitrogens with zero attached hydrogens (tertiary/aromatic N) is 5. The summed E-state index contributed by atoms with van der Waals surface area (Å²) in [4.78, 5) is 21.1. The van der Waals surface area contributed by atoms with Gasteiger partial charge in [0.25, 0.3) is 0 Å². The third-order valence-corrected chi connectivity index (χ3v) is 4.69. The van der Waals surface area contributed by atoms with Crippen LogP contribution in [0.3, 0.4) is 0 Å². The van der Waals surface area contributed by atoms with Gasteiger partial charge in [-0.3, -0.25) is 0 Å². The molecular formula is C19H18N6S. The lowest BCUT2D eigenvalue weighted by atomic mass is 10.1. The van der Waals surface area contributed by atoms with Crippen molar-refractivity contribution in [2.45, 2.75) is 18.6 Å². The molecule has 6 nitrogen and oxygen atoms in total. The normalized spacial score (nSPS) is 11.0. The van der Waals surface area contributed by atoms with Gasteiger partial charge in [0, 0.05) is 35.9 Å². The van der Waals surface area contributed by atoms with Crippen molar-refractivity contribution >= 4 is 11.8 Å². The van der Waals surface area contributed by atoms with E-state index in [2.05, 4.69) is 48.5 Å². The predicted octanol–water partition coefficient (Wildman–Crippen LogP) is 3.89. The highest BCUT2D eigenvalue weighted by Crippen LogP contribution is 2.31. The maximum atomic E-state index is 4.66. The Morgan fingerprint density at radius 3 is 2.50 bits per heavy atom. The summed E-state index contributed by atoms with van der Waals surface area (Å²) in [6.45, 7) is 2.70. The van der Waals surface area contributed by atoms with Gasteiger partial charge in [0.1, 0.15) is 5.82 Å². The SMILES string of the molecule is CCSc1ncc(-c2c(-c3ccccc3)ncn2Cc2ncc[nH]2)cn1. The Bertz CT molecular complexity index is 961. The summed E-state index contributed by atoms with van der Waals surface area (Å²) in [7, 11) is 0. The van der Waals surface area contributed by atoms with Crippen LogP contribution in [0.2, 0.25) is 0 Å². The summed E-state index contributed by atoms with van der Waals surface area (Å²) >= 11 is 1.63. The van der Waals surface area contributed by atoms with E-state index in [1.807, 2.05) is 43.1 Å². The zero-order valence-corrected chi connectivity index (χ0v) is 15.1. The van der Waals surface area contributed by atoms with Gasteiger partial charge in [0.15, 0.2) is 5.16 Å². The lowest BCUT2D eigenvalue weighted by Crippen LogP contribution is -2.03. The van der Waals surface area contributed by atoms with Crippen LogP contribution in [0.15, 0.2) is 66.6 Å². The maximum absolute atomic E-state index is 4.66. The van der Waals surface area contributed by atoms with E-state index in [-0.39, 0.29) is 0 Å². The average Bonchev–Trinajstić information content (AvgIpc) is 3.34. The van der Waals surface area contributed by atoms with Crippen molar-refractivity contribution in [3.05, 3.63) is 67.3 Å². The van der Waals surface area contributed by atoms with Gasteiger partial charge in [-0.05, 0) is 5.75 Å². The lowest BCUT2D eigenvalue weighted by Gasteiger charge is -2.09. The van der Waals surface area contributed by atoms with Gasteiger partial charge in [-0.2, -0.15) is 0 Å². The first-order valence-electron chi connectivity index (χ1n) is 8.39. The van der Waals surface area contributed by atoms with Crippen molar-refractivity contribution in [2.24, 2.45) is 0 Å². The van der Waals surface area contributed by atoms with E-state index in [9.17, 15) is 0 Å². The van der Waals surface area contributed by atoms with Crippen LogP contribution in [0.1, 0.15) is 12.7 Å². The summed E-state index contributed by atoms with van der Waals surface area (Å²) in [5.74, 6) is 1.83. The molecule has 0 saturated carbocycles. The summed E-state index contributed by atoms with van der Waals surface area (Å²) in [5, 5.41) is 0.787. The van der Waals surface area contributed by atoms with E-state index in [1.165, 1.54) is 0 Å². The van der Waals surface area contributed by atoms with E-state index in [4.69, 9.17) is 0 Å². The van der Waals surface area contributed by atoms with Crippen LogP contribution in [0.25, 0.3) is 22.5 Å². The number of benzene rings is 1. The molecule has 3 heterocycles. The topological polar surface area (TPSA) is 72.3 Å². The van der Waals surface area contributed by atoms with Crippen LogP contribution in [0.4, 0.5) is 0 Å². The summed E-state index contributed by atoms with van der Waals surface area (Å²) in [6.07, 6.45) is 9.16. The molecule has 130 valence electrons. The minimum atomic E-state index is 0.605. The molecule has 26 heavy (non-hydrogen) atoms. The Morgan fingerprint density at radius 1 is 1.00 bits per heavy atom. The third-order valence-electron chi connectivity index (χ3n) is 3.93. The molecule has 0 atom stereocenters. The first kappa shape index (κ1) is 16.5. The molecule has 0 fully saturated rings. The van der Waals surface area contributed by atoms with Crippen LogP contribution in [0.5, 0.6) is 0 Å². The van der Waals surface area contributed by atoms with Gasteiger partial charge in [-0.1, -0.05) is 49.0 Å². The zero-order valence-electron chi connectivity index (χ0n) is 14.3. The molecule has 0 unspecified atom stereocenters. The molecule has 0 aliphatic carbocycles. The molecule has 1 aromatic carbocycles. The van der Waals surface area contributed by atoms with Gasteiger partial charge in [-0.15, -0.1) is 0 Å². The van der Waals surface area contributed by atoms with Crippen LogP contribution >= 0.6 is 11.8 Å². The van der Waals surface area contributed by atoms with Gasteiger partial charge in [-0.25, -0.2) is 19.9 Å². The van der Waals surface area contributed by atoms with Crippen LogP contribution in [0, 0.1) is 0 Å². The molecule has 0 radical (unpaired) electrons. The second-order valence-electron chi connectivity index (χ2n) is 5.66. The van der Waals surface area contributed by atoms with Crippen LogP contribution in [-0.2, 0) is 6.54 Å². The molecule has 0 spiro atoms. The fraction of sp³-hybridized carbons (Fsp3) is 0.158. The molecule has 3 aromatic heterocycles. The van der Waals surface area contributed by atoms with E-state index < -0.39 is 0 Å². The van der Waals surface area contributed by atoms with E-state index in [0.29, 0.717) is 6.54 Å². The van der Waals surface area contributed by atoms with Gasteiger partial charge in [0.05, 0.1) is 24.3 Å². The molecule has 1 N–H and O–H groups in total. The third kappa shape index (κ3) is 3.39. The lowest BCUT2D eigenvalue weighted by molar-refractivity contribution is 0.760. The number of imidazole rings is 2. The number of thioether (sulfide) groups is 1. The Morgan fingerprint density at radius 2 is 1.81 bits per heavy atom. The Kier molecular flexibility index (Phi) is 4.79. The first-order valence-corrected chi connectivity index (χ1v) is 9.37. The molecule has 0 aliphatic rings. The second-order valence-corrected chi connectivity index (χ2v) is 6.89. The van der Waals surface area contributed by atoms with Crippen molar-refractivity contribution in [3.63, 3.8) is 0 Å². The molecule has 0 saturated heterocycles. The number of rotatable bonds is 6. The number of nitrogens with one attached hydrogen (secondary N) is 1. The van der Waals surface area contributed by atoms with Gasteiger partial charge < -0.3 is 9.55 Å². The standard InChI is InChI=1S/C19H18N6S/c1-2-26-19-22-10-15(11-23-19)18-17(14-6-4-3-5-7-14)24-13-25(18)12-16-20-8-9-21-16/h3-11,13H,2,12H2,1H3,(H,20,21). The molecular weight excluding hydrogens is 344 g/mol. The summed E-state index contributed by atoms with van der Waals surface area (Å²) in [5.41, 5.74) is 3.90. The Hall–Kier alpha value is -2.93.